The van der Waals surface area contributed by atoms with Crippen LogP contribution >= 0.6 is 0 Å². The SMILES string of the molecule is CC1CCC(C)C(O)(Cc2ccoc2)C1. The fourth-order valence-electron chi connectivity index (χ4n) is 2.70. The van der Waals surface area contributed by atoms with Gasteiger partial charge in [0.15, 0.2) is 0 Å². The van der Waals surface area contributed by atoms with Gasteiger partial charge in [-0.2, -0.15) is 0 Å². The summed E-state index contributed by atoms with van der Waals surface area (Å²) in [6.45, 7) is 4.39. The van der Waals surface area contributed by atoms with Crippen LogP contribution in [0.1, 0.15) is 38.7 Å². The molecule has 1 saturated carbocycles. The van der Waals surface area contributed by atoms with Gasteiger partial charge in [-0.3, -0.25) is 0 Å². The third-order valence-electron chi connectivity index (χ3n) is 3.80. The van der Waals surface area contributed by atoms with Crippen molar-refractivity contribution in [2.75, 3.05) is 0 Å². The lowest BCUT2D eigenvalue weighted by atomic mass is 9.70. The van der Waals surface area contributed by atoms with Gasteiger partial charge in [0.1, 0.15) is 0 Å². The van der Waals surface area contributed by atoms with E-state index in [-0.39, 0.29) is 0 Å². The summed E-state index contributed by atoms with van der Waals surface area (Å²) in [6.07, 6.45) is 7.44. The summed E-state index contributed by atoms with van der Waals surface area (Å²) in [7, 11) is 0. The highest BCUT2D eigenvalue weighted by Crippen LogP contribution is 2.38. The molecular weight excluding hydrogens is 188 g/mol. The maximum atomic E-state index is 10.6. The van der Waals surface area contributed by atoms with Crippen molar-refractivity contribution < 1.29 is 9.52 Å². The van der Waals surface area contributed by atoms with Crippen molar-refractivity contribution in [3.63, 3.8) is 0 Å². The Kier molecular flexibility index (Phi) is 2.87. The molecule has 0 amide bonds. The van der Waals surface area contributed by atoms with Crippen LogP contribution in [0.25, 0.3) is 0 Å². The zero-order chi connectivity index (χ0) is 10.9. The Morgan fingerprint density at radius 1 is 1.47 bits per heavy atom. The minimum atomic E-state index is -0.526. The average Bonchev–Trinajstić information content (AvgIpc) is 2.64. The predicted octanol–water partition coefficient (Wildman–Crippen LogP) is 3.01. The predicted molar refractivity (Wildman–Crippen MR) is 59.5 cm³/mol. The lowest BCUT2D eigenvalue weighted by Crippen LogP contribution is -2.43. The van der Waals surface area contributed by atoms with Gasteiger partial charge in [-0.05, 0) is 36.3 Å². The highest BCUT2D eigenvalue weighted by molar-refractivity contribution is 5.11. The Balaban J connectivity index is 2.09. The molecule has 84 valence electrons. The number of hydrogen-bond acceptors (Lipinski definition) is 2. The number of hydrogen-bond donors (Lipinski definition) is 1. The van der Waals surface area contributed by atoms with Gasteiger partial charge in [0.05, 0.1) is 18.1 Å². The largest absolute Gasteiger partial charge is 0.472 e. The van der Waals surface area contributed by atoms with E-state index in [0.717, 1.165) is 24.8 Å². The van der Waals surface area contributed by atoms with Crippen molar-refractivity contribution in [1.82, 2.24) is 0 Å². The zero-order valence-electron chi connectivity index (χ0n) is 9.57. The van der Waals surface area contributed by atoms with Crippen molar-refractivity contribution in [2.24, 2.45) is 11.8 Å². The summed E-state index contributed by atoms with van der Waals surface area (Å²) < 4.78 is 5.05. The van der Waals surface area contributed by atoms with Gasteiger partial charge in [0.25, 0.3) is 0 Å². The molecule has 2 nitrogen and oxygen atoms in total. The monoisotopic (exact) mass is 208 g/mol. The molecule has 0 aromatic carbocycles. The molecule has 15 heavy (non-hydrogen) atoms. The average molecular weight is 208 g/mol. The van der Waals surface area contributed by atoms with Crippen molar-refractivity contribution in [3.8, 4) is 0 Å². The van der Waals surface area contributed by atoms with Gasteiger partial charge in [0, 0.05) is 6.42 Å². The van der Waals surface area contributed by atoms with E-state index < -0.39 is 5.60 Å². The first kappa shape index (κ1) is 10.7. The molecule has 0 bridgehead atoms. The summed E-state index contributed by atoms with van der Waals surface area (Å²) in [4.78, 5) is 0. The molecule has 1 aromatic heterocycles. The molecule has 2 heteroatoms. The Labute approximate surface area is 91.3 Å². The first-order valence-electron chi connectivity index (χ1n) is 5.83. The summed E-state index contributed by atoms with van der Waals surface area (Å²) in [5, 5.41) is 10.6. The van der Waals surface area contributed by atoms with E-state index in [1.54, 1.807) is 12.5 Å². The van der Waals surface area contributed by atoms with Gasteiger partial charge in [-0.25, -0.2) is 0 Å². The Morgan fingerprint density at radius 2 is 2.27 bits per heavy atom. The topological polar surface area (TPSA) is 33.4 Å². The zero-order valence-corrected chi connectivity index (χ0v) is 9.57. The maximum Gasteiger partial charge on any atom is 0.0935 e. The minimum Gasteiger partial charge on any atom is -0.472 e. The van der Waals surface area contributed by atoms with Crippen LogP contribution < -0.4 is 0 Å². The van der Waals surface area contributed by atoms with Crippen molar-refractivity contribution in [3.05, 3.63) is 24.2 Å². The third kappa shape index (κ3) is 2.25. The number of aliphatic hydroxyl groups is 1. The first-order chi connectivity index (χ1) is 7.10. The van der Waals surface area contributed by atoms with Gasteiger partial charge in [0.2, 0.25) is 0 Å². The lowest BCUT2D eigenvalue weighted by molar-refractivity contribution is -0.0561. The van der Waals surface area contributed by atoms with Crippen LogP contribution in [0.5, 0.6) is 0 Å². The van der Waals surface area contributed by atoms with Gasteiger partial charge >= 0.3 is 0 Å². The van der Waals surface area contributed by atoms with E-state index >= 15 is 0 Å². The molecule has 1 aliphatic rings. The summed E-state index contributed by atoms with van der Waals surface area (Å²) in [5.74, 6) is 1.03. The second-order valence-electron chi connectivity index (χ2n) is 5.20. The second-order valence-corrected chi connectivity index (χ2v) is 5.20. The molecule has 0 radical (unpaired) electrons. The highest BCUT2D eigenvalue weighted by atomic mass is 16.3. The van der Waals surface area contributed by atoms with Crippen LogP contribution in [0.3, 0.4) is 0 Å². The van der Waals surface area contributed by atoms with Crippen LogP contribution in [0, 0.1) is 11.8 Å². The van der Waals surface area contributed by atoms with E-state index in [1.807, 2.05) is 6.07 Å². The summed E-state index contributed by atoms with van der Waals surface area (Å²) in [5.41, 5.74) is 0.583. The summed E-state index contributed by atoms with van der Waals surface area (Å²) in [6, 6.07) is 1.95. The van der Waals surface area contributed by atoms with Crippen LogP contribution in [0.4, 0.5) is 0 Å². The molecule has 3 atom stereocenters. The second kappa shape index (κ2) is 4.01. The van der Waals surface area contributed by atoms with E-state index in [2.05, 4.69) is 13.8 Å². The first-order valence-corrected chi connectivity index (χ1v) is 5.83. The van der Waals surface area contributed by atoms with E-state index in [9.17, 15) is 5.11 Å². The van der Waals surface area contributed by atoms with Crippen LogP contribution in [0.15, 0.2) is 23.0 Å². The molecule has 0 aliphatic heterocycles. The molecule has 2 rings (SSSR count). The molecule has 1 aliphatic carbocycles. The van der Waals surface area contributed by atoms with Crippen molar-refractivity contribution >= 4 is 0 Å². The van der Waals surface area contributed by atoms with Crippen LogP contribution in [-0.4, -0.2) is 10.7 Å². The van der Waals surface area contributed by atoms with Crippen LogP contribution in [-0.2, 0) is 6.42 Å². The van der Waals surface area contributed by atoms with Gasteiger partial charge < -0.3 is 9.52 Å². The highest BCUT2D eigenvalue weighted by Gasteiger charge is 2.38. The fraction of sp³-hybridized carbons (Fsp3) is 0.692. The van der Waals surface area contributed by atoms with E-state index in [4.69, 9.17) is 4.42 Å². The molecule has 0 spiro atoms. The number of rotatable bonds is 2. The van der Waals surface area contributed by atoms with Crippen molar-refractivity contribution in [2.45, 2.75) is 45.1 Å². The Hall–Kier alpha value is -0.760. The standard InChI is InChI=1S/C13H20O2/c1-10-3-4-11(2)13(14,7-10)8-12-5-6-15-9-12/h5-6,9-11,14H,3-4,7-8H2,1-2H3. The van der Waals surface area contributed by atoms with E-state index in [1.165, 1.54) is 6.42 Å². The lowest BCUT2D eigenvalue weighted by Gasteiger charge is -2.41. The van der Waals surface area contributed by atoms with E-state index in [0.29, 0.717) is 11.8 Å². The normalized spacial score (nSPS) is 36.7. The molecule has 1 N–H and O–H groups in total. The molecule has 1 aromatic rings. The molecule has 1 fully saturated rings. The fourth-order valence-corrected chi connectivity index (χ4v) is 2.70. The number of furan rings is 1. The molecular formula is C13H20O2. The molecule has 1 heterocycles. The van der Waals surface area contributed by atoms with Crippen LogP contribution in [0.2, 0.25) is 0 Å². The van der Waals surface area contributed by atoms with Gasteiger partial charge in [-0.15, -0.1) is 0 Å². The molecule has 0 saturated heterocycles. The van der Waals surface area contributed by atoms with Gasteiger partial charge in [-0.1, -0.05) is 20.3 Å². The third-order valence-corrected chi connectivity index (χ3v) is 3.80. The maximum absolute atomic E-state index is 10.6. The Bertz CT molecular complexity index is 304. The summed E-state index contributed by atoms with van der Waals surface area (Å²) >= 11 is 0. The Morgan fingerprint density at radius 3 is 2.93 bits per heavy atom. The van der Waals surface area contributed by atoms with Crippen molar-refractivity contribution in [1.29, 1.82) is 0 Å². The minimum absolute atomic E-state index is 0.392. The molecule has 3 unspecified atom stereocenters. The smallest absolute Gasteiger partial charge is 0.0935 e. The quantitative estimate of drug-likeness (QED) is 0.810.